The minimum Gasteiger partial charge on any atom is -0.375 e. The van der Waals surface area contributed by atoms with E-state index in [0.717, 1.165) is 18.5 Å². The second-order valence-corrected chi connectivity index (χ2v) is 5.01. The van der Waals surface area contributed by atoms with Crippen molar-refractivity contribution in [3.05, 3.63) is 65.7 Å². The van der Waals surface area contributed by atoms with Gasteiger partial charge in [-0.2, -0.15) is 0 Å². The number of rotatable bonds is 4. The zero-order valence-electron chi connectivity index (χ0n) is 10.8. The molecule has 2 aromatic carbocycles. The molecule has 0 amide bonds. The zero-order valence-corrected chi connectivity index (χ0v) is 10.8. The van der Waals surface area contributed by atoms with Crippen molar-refractivity contribution in [1.29, 1.82) is 0 Å². The van der Waals surface area contributed by atoms with Gasteiger partial charge in [0.25, 0.3) is 0 Å². The molecule has 0 aromatic heterocycles. The smallest absolute Gasteiger partial charge is 0.155 e. The van der Waals surface area contributed by atoms with Gasteiger partial charge in [-0.25, -0.2) is 0 Å². The molecule has 0 saturated heterocycles. The van der Waals surface area contributed by atoms with Crippen LogP contribution < -0.4 is 5.32 Å². The highest BCUT2D eigenvalue weighted by Crippen LogP contribution is 2.26. The van der Waals surface area contributed by atoms with Crippen LogP contribution in [0.15, 0.2) is 54.6 Å². The predicted molar refractivity (Wildman–Crippen MR) is 77.3 cm³/mol. The lowest BCUT2D eigenvalue weighted by Crippen LogP contribution is -2.27. The van der Waals surface area contributed by atoms with Crippen LogP contribution in [0.3, 0.4) is 0 Å². The van der Waals surface area contributed by atoms with Gasteiger partial charge in [0.1, 0.15) is 0 Å². The summed E-state index contributed by atoms with van der Waals surface area (Å²) in [7, 11) is 0. The first-order chi connectivity index (χ1) is 9.33. The molecule has 2 nitrogen and oxygen atoms in total. The van der Waals surface area contributed by atoms with Crippen molar-refractivity contribution in [1.82, 2.24) is 0 Å². The summed E-state index contributed by atoms with van der Waals surface area (Å²) in [5.41, 5.74) is 3.59. The maximum absolute atomic E-state index is 12.2. The monoisotopic (exact) mass is 251 g/mol. The summed E-state index contributed by atoms with van der Waals surface area (Å²) in [5.74, 6) is 0.306. The van der Waals surface area contributed by atoms with Crippen molar-refractivity contribution in [2.45, 2.75) is 25.3 Å². The molecule has 0 aliphatic carbocycles. The van der Waals surface area contributed by atoms with Crippen LogP contribution in [0.2, 0.25) is 0 Å². The summed E-state index contributed by atoms with van der Waals surface area (Å²) in [4.78, 5) is 12.2. The predicted octanol–water partition coefficient (Wildman–Crippen LogP) is 3.23. The van der Waals surface area contributed by atoms with Crippen LogP contribution in [0, 0.1) is 0 Å². The van der Waals surface area contributed by atoms with E-state index >= 15 is 0 Å². The van der Waals surface area contributed by atoms with Crippen molar-refractivity contribution >= 4 is 11.5 Å². The molecule has 0 fully saturated rings. The van der Waals surface area contributed by atoms with E-state index in [1.165, 1.54) is 11.1 Å². The van der Waals surface area contributed by atoms with Crippen LogP contribution in [0.5, 0.6) is 0 Å². The van der Waals surface area contributed by atoms with Gasteiger partial charge in [-0.1, -0.05) is 48.5 Å². The maximum atomic E-state index is 12.2. The number of fused-ring (bicyclic) bond motifs is 1. The van der Waals surface area contributed by atoms with Gasteiger partial charge in [-0.15, -0.1) is 0 Å². The molecule has 1 heterocycles. The molecule has 1 atom stereocenters. The molecule has 2 heteroatoms. The van der Waals surface area contributed by atoms with Gasteiger partial charge in [0.15, 0.2) is 5.78 Å². The fraction of sp³-hybridized carbons (Fsp3) is 0.235. The van der Waals surface area contributed by atoms with Crippen molar-refractivity contribution < 1.29 is 4.79 Å². The Bertz CT molecular complexity index is 552. The molecule has 0 spiro atoms. The van der Waals surface area contributed by atoms with Gasteiger partial charge in [-0.3, -0.25) is 4.79 Å². The number of hydrogen-bond donors (Lipinski definition) is 1. The van der Waals surface area contributed by atoms with Gasteiger partial charge in [0.05, 0.1) is 6.04 Å². The number of ketones is 1. The fourth-order valence-electron chi connectivity index (χ4n) is 2.58. The molecule has 0 bridgehead atoms. The molecule has 96 valence electrons. The minimum absolute atomic E-state index is 0.0406. The minimum atomic E-state index is -0.0406. The zero-order chi connectivity index (χ0) is 13.1. The molecule has 19 heavy (non-hydrogen) atoms. The Balaban J connectivity index is 1.58. The third-order valence-electron chi connectivity index (χ3n) is 3.66. The molecule has 1 aliphatic heterocycles. The number of Topliss-reactive ketones (excluding diaryl/α,β-unsaturated/α-hetero) is 1. The number of benzene rings is 2. The molecule has 3 rings (SSSR count). The summed E-state index contributed by atoms with van der Waals surface area (Å²) < 4.78 is 0. The highest BCUT2D eigenvalue weighted by molar-refractivity contribution is 5.89. The lowest BCUT2D eigenvalue weighted by atomic mass is 10.0. The summed E-state index contributed by atoms with van der Waals surface area (Å²) in [5, 5.41) is 3.32. The summed E-state index contributed by atoms with van der Waals surface area (Å²) in [6, 6.07) is 18.3. The molecule has 2 aromatic rings. The van der Waals surface area contributed by atoms with E-state index in [1.807, 2.05) is 36.4 Å². The van der Waals surface area contributed by atoms with Gasteiger partial charge in [0, 0.05) is 18.5 Å². The van der Waals surface area contributed by atoms with Gasteiger partial charge in [0.2, 0.25) is 0 Å². The van der Waals surface area contributed by atoms with Crippen molar-refractivity contribution in [2.75, 3.05) is 5.32 Å². The van der Waals surface area contributed by atoms with E-state index < -0.39 is 0 Å². The third-order valence-corrected chi connectivity index (χ3v) is 3.66. The van der Waals surface area contributed by atoms with E-state index in [-0.39, 0.29) is 6.04 Å². The van der Waals surface area contributed by atoms with Gasteiger partial charge < -0.3 is 5.32 Å². The van der Waals surface area contributed by atoms with Gasteiger partial charge >= 0.3 is 0 Å². The molecule has 0 saturated carbocycles. The Hall–Kier alpha value is -2.09. The lowest BCUT2D eigenvalue weighted by Gasteiger charge is -2.10. The van der Waals surface area contributed by atoms with Gasteiger partial charge in [-0.05, 0) is 23.6 Å². The summed E-state index contributed by atoms with van der Waals surface area (Å²) in [6.45, 7) is 0. The lowest BCUT2D eigenvalue weighted by molar-refractivity contribution is -0.119. The third kappa shape index (κ3) is 2.68. The van der Waals surface area contributed by atoms with Crippen LogP contribution in [-0.4, -0.2) is 11.8 Å². The molecule has 0 unspecified atom stereocenters. The average Bonchev–Trinajstić information content (AvgIpc) is 2.90. The van der Waals surface area contributed by atoms with E-state index in [2.05, 4.69) is 23.5 Å². The summed E-state index contributed by atoms with van der Waals surface area (Å²) >= 11 is 0. The highest BCUT2D eigenvalue weighted by Gasteiger charge is 2.25. The molecular formula is C17H17NO. The second-order valence-electron chi connectivity index (χ2n) is 5.01. The topological polar surface area (TPSA) is 29.1 Å². The Morgan fingerprint density at radius 2 is 1.79 bits per heavy atom. The first-order valence-electron chi connectivity index (χ1n) is 6.74. The largest absolute Gasteiger partial charge is 0.375 e. The van der Waals surface area contributed by atoms with Crippen molar-refractivity contribution in [3.8, 4) is 0 Å². The molecule has 0 radical (unpaired) electrons. The van der Waals surface area contributed by atoms with Crippen LogP contribution in [-0.2, 0) is 17.6 Å². The Morgan fingerprint density at radius 3 is 2.58 bits per heavy atom. The molecular weight excluding hydrogens is 234 g/mol. The number of para-hydroxylation sites is 1. The molecule has 1 N–H and O–H groups in total. The average molecular weight is 251 g/mol. The normalized spacial score (nSPS) is 16.7. The number of nitrogens with one attached hydrogen (secondary N) is 1. The van der Waals surface area contributed by atoms with E-state index in [1.54, 1.807) is 0 Å². The number of anilines is 1. The maximum Gasteiger partial charge on any atom is 0.155 e. The van der Waals surface area contributed by atoms with E-state index in [0.29, 0.717) is 12.2 Å². The Kier molecular flexibility index (Phi) is 3.32. The first-order valence-corrected chi connectivity index (χ1v) is 6.74. The van der Waals surface area contributed by atoms with E-state index in [9.17, 15) is 4.79 Å². The first kappa shape index (κ1) is 12.0. The molecule has 1 aliphatic rings. The fourth-order valence-corrected chi connectivity index (χ4v) is 2.58. The number of carbonyl (C=O) groups is 1. The number of hydrogen-bond acceptors (Lipinski definition) is 2. The quantitative estimate of drug-likeness (QED) is 0.904. The van der Waals surface area contributed by atoms with Crippen molar-refractivity contribution in [2.24, 2.45) is 0 Å². The summed E-state index contributed by atoms with van der Waals surface area (Å²) in [6.07, 6.45) is 2.26. The van der Waals surface area contributed by atoms with Crippen molar-refractivity contribution in [3.63, 3.8) is 0 Å². The second kappa shape index (κ2) is 5.27. The van der Waals surface area contributed by atoms with Crippen LogP contribution in [0.25, 0.3) is 0 Å². The van der Waals surface area contributed by atoms with Crippen LogP contribution in [0.4, 0.5) is 5.69 Å². The van der Waals surface area contributed by atoms with Crippen LogP contribution in [0.1, 0.15) is 17.5 Å². The number of aryl methyl sites for hydroxylation is 1. The standard InChI is InChI=1S/C17H17NO/c19-17(11-10-13-6-2-1-3-7-13)16-12-14-8-4-5-9-15(14)18-16/h1-9,16,18H,10-12H2/t16-/m0/s1. The van der Waals surface area contributed by atoms with E-state index in [4.69, 9.17) is 0 Å². The SMILES string of the molecule is O=C(CCc1ccccc1)[C@@H]1Cc2ccccc2N1. The number of carbonyl (C=O) groups excluding carboxylic acids is 1. The van der Waals surface area contributed by atoms with Crippen LogP contribution >= 0.6 is 0 Å². The highest BCUT2D eigenvalue weighted by atomic mass is 16.1. The Labute approximate surface area is 113 Å². The Morgan fingerprint density at radius 1 is 1.05 bits per heavy atom.